The van der Waals surface area contributed by atoms with Gasteiger partial charge in [0.05, 0.1) is 6.61 Å². The molecule has 0 aromatic carbocycles. The van der Waals surface area contributed by atoms with E-state index < -0.39 is 10.2 Å². The molecule has 0 saturated heterocycles. The van der Waals surface area contributed by atoms with Crippen LogP contribution in [0.5, 0.6) is 0 Å². The summed E-state index contributed by atoms with van der Waals surface area (Å²) < 4.78 is 30.2. The number of nitrogens with two attached hydrogens (primary N) is 1. The van der Waals surface area contributed by atoms with Crippen LogP contribution in [0, 0.1) is 0 Å². The van der Waals surface area contributed by atoms with Crippen LogP contribution in [0.25, 0.3) is 0 Å². The second-order valence-corrected chi connectivity index (χ2v) is 5.54. The van der Waals surface area contributed by atoms with Crippen LogP contribution in [0.4, 0.5) is 0 Å². The second-order valence-electron chi connectivity index (χ2n) is 3.29. The van der Waals surface area contributed by atoms with E-state index in [-0.39, 0.29) is 12.6 Å². The summed E-state index contributed by atoms with van der Waals surface area (Å²) in [5.74, 6) is 0. The van der Waals surface area contributed by atoms with Crippen molar-refractivity contribution in [1.82, 2.24) is 8.61 Å². The Hall–Kier alpha value is -0.210. The zero-order valence-corrected chi connectivity index (χ0v) is 9.91. The number of methoxy groups -OCH3 is 1. The molecule has 0 aliphatic carbocycles. The third-order valence-electron chi connectivity index (χ3n) is 1.73. The molecule has 7 heteroatoms. The monoisotopic (exact) mass is 225 g/mol. The van der Waals surface area contributed by atoms with Gasteiger partial charge < -0.3 is 10.5 Å². The molecule has 86 valence electrons. The van der Waals surface area contributed by atoms with Crippen molar-refractivity contribution in [2.24, 2.45) is 5.73 Å². The predicted octanol–water partition coefficient (Wildman–Crippen LogP) is -1.30. The highest BCUT2D eigenvalue weighted by Crippen LogP contribution is 2.01. The standard InChI is InChI=1S/C7H19N3O3S/c1-9(2)14(11,12)10(3)5-7(8)6-13-4/h7H,5-6,8H2,1-4H3. The highest BCUT2D eigenvalue weighted by atomic mass is 32.2. The molecule has 0 aromatic rings. The van der Waals surface area contributed by atoms with Crippen molar-refractivity contribution in [3.8, 4) is 0 Å². The maximum Gasteiger partial charge on any atom is 0.281 e. The van der Waals surface area contributed by atoms with Crippen LogP contribution in [0.1, 0.15) is 0 Å². The van der Waals surface area contributed by atoms with E-state index in [1.54, 1.807) is 0 Å². The van der Waals surface area contributed by atoms with Crippen LogP contribution < -0.4 is 5.73 Å². The van der Waals surface area contributed by atoms with Gasteiger partial charge in [0, 0.05) is 40.8 Å². The molecule has 2 N–H and O–H groups in total. The van der Waals surface area contributed by atoms with E-state index in [4.69, 9.17) is 10.5 Å². The van der Waals surface area contributed by atoms with Gasteiger partial charge in [0.2, 0.25) is 0 Å². The highest BCUT2D eigenvalue weighted by Gasteiger charge is 2.21. The van der Waals surface area contributed by atoms with Crippen LogP contribution in [0.15, 0.2) is 0 Å². The van der Waals surface area contributed by atoms with Gasteiger partial charge in [-0.05, 0) is 0 Å². The Morgan fingerprint density at radius 2 is 1.86 bits per heavy atom. The molecule has 0 aliphatic rings. The molecule has 0 fully saturated rings. The fourth-order valence-electron chi connectivity index (χ4n) is 0.970. The van der Waals surface area contributed by atoms with Gasteiger partial charge in [0.25, 0.3) is 10.2 Å². The Kier molecular flexibility index (Phi) is 5.53. The third kappa shape index (κ3) is 3.89. The van der Waals surface area contributed by atoms with Crippen LogP contribution in [-0.2, 0) is 14.9 Å². The first kappa shape index (κ1) is 13.8. The Morgan fingerprint density at radius 1 is 1.36 bits per heavy atom. The summed E-state index contributed by atoms with van der Waals surface area (Å²) in [6, 6.07) is -0.306. The molecule has 0 aliphatic heterocycles. The minimum absolute atomic E-state index is 0.244. The molecule has 14 heavy (non-hydrogen) atoms. The minimum atomic E-state index is -3.36. The van der Waals surface area contributed by atoms with Gasteiger partial charge in [0.1, 0.15) is 0 Å². The lowest BCUT2D eigenvalue weighted by molar-refractivity contribution is 0.172. The molecule has 0 bridgehead atoms. The quantitative estimate of drug-likeness (QED) is 0.609. The summed E-state index contributed by atoms with van der Waals surface area (Å²) in [6.07, 6.45) is 0. The van der Waals surface area contributed by atoms with Gasteiger partial charge in [-0.25, -0.2) is 0 Å². The summed E-state index contributed by atoms with van der Waals surface area (Å²) >= 11 is 0. The van der Waals surface area contributed by atoms with E-state index in [1.807, 2.05) is 0 Å². The summed E-state index contributed by atoms with van der Waals surface area (Å²) in [5, 5.41) is 0. The fourth-order valence-corrected chi connectivity index (χ4v) is 1.91. The average Bonchev–Trinajstić information content (AvgIpc) is 2.03. The van der Waals surface area contributed by atoms with E-state index in [2.05, 4.69) is 0 Å². The van der Waals surface area contributed by atoms with Gasteiger partial charge in [0.15, 0.2) is 0 Å². The normalized spacial score (nSPS) is 15.1. The molecule has 0 rings (SSSR count). The SMILES string of the molecule is COCC(N)CN(C)S(=O)(=O)N(C)C. The van der Waals surface area contributed by atoms with Crippen molar-refractivity contribution in [3.63, 3.8) is 0 Å². The molecular formula is C7H19N3O3S. The van der Waals surface area contributed by atoms with Crippen molar-refractivity contribution in [2.45, 2.75) is 6.04 Å². The van der Waals surface area contributed by atoms with Crippen LogP contribution >= 0.6 is 0 Å². The molecule has 0 amide bonds. The number of rotatable bonds is 6. The zero-order chi connectivity index (χ0) is 11.4. The lowest BCUT2D eigenvalue weighted by Gasteiger charge is -2.23. The van der Waals surface area contributed by atoms with Gasteiger partial charge in [-0.2, -0.15) is 17.0 Å². The number of nitrogens with zero attached hydrogens (tertiary/aromatic N) is 2. The number of hydrogen-bond donors (Lipinski definition) is 1. The van der Waals surface area contributed by atoms with Gasteiger partial charge in [-0.3, -0.25) is 0 Å². The lowest BCUT2D eigenvalue weighted by atomic mass is 10.3. The molecule has 0 aromatic heterocycles. The topological polar surface area (TPSA) is 75.9 Å². The van der Waals surface area contributed by atoms with E-state index >= 15 is 0 Å². The summed E-state index contributed by atoms with van der Waals surface area (Å²) in [4.78, 5) is 0. The van der Waals surface area contributed by atoms with Crippen LogP contribution in [0.3, 0.4) is 0 Å². The largest absolute Gasteiger partial charge is 0.383 e. The van der Waals surface area contributed by atoms with Gasteiger partial charge in [-0.15, -0.1) is 0 Å². The third-order valence-corrected chi connectivity index (χ3v) is 3.59. The second kappa shape index (κ2) is 5.62. The summed E-state index contributed by atoms with van der Waals surface area (Å²) in [6.45, 7) is 0.585. The van der Waals surface area contributed by atoms with E-state index in [1.165, 1.54) is 32.6 Å². The number of likely N-dealkylation sites (N-methyl/N-ethyl adjacent to an activating group) is 1. The minimum Gasteiger partial charge on any atom is -0.383 e. The smallest absolute Gasteiger partial charge is 0.281 e. The summed E-state index contributed by atoms with van der Waals surface area (Å²) in [7, 11) is 2.62. The first-order valence-electron chi connectivity index (χ1n) is 4.20. The lowest BCUT2D eigenvalue weighted by Crippen LogP contribution is -2.45. The van der Waals surface area contributed by atoms with Crippen LogP contribution in [0.2, 0.25) is 0 Å². The summed E-state index contributed by atoms with van der Waals surface area (Å²) in [5.41, 5.74) is 5.63. The van der Waals surface area contributed by atoms with Gasteiger partial charge in [-0.1, -0.05) is 0 Å². The molecule has 0 spiro atoms. The van der Waals surface area contributed by atoms with Crippen molar-refractivity contribution in [2.75, 3.05) is 41.4 Å². The first-order valence-corrected chi connectivity index (χ1v) is 5.60. The first-order chi connectivity index (χ1) is 6.32. The maximum atomic E-state index is 11.5. The van der Waals surface area contributed by atoms with Crippen molar-refractivity contribution in [1.29, 1.82) is 0 Å². The molecule has 1 unspecified atom stereocenters. The molecule has 0 radical (unpaired) electrons. The van der Waals surface area contributed by atoms with Gasteiger partial charge >= 0.3 is 0 Å². The van der Waals surface area contributed by atoms with E-state index in [9.17, 15) is 8.42 Å². The molecule has 6 nitrogen and oxygen atoms in total. The molecule has 1 atom stereocenters. The number of ether oxygens (including phenoxy) is 1. The Bertz CT molecular complexity index is 253. The Labute approximate surface area is 85.8 Å². The van der Waals surface area contributed by atoms with Crippen molar-refractivity contribution >= 4 is 10.2 Å². The zero-order valence-electron chi connectivity index (χ0n) is 9.10. The maximum absolute atomic E-state index is 11.5. The fraction of sp³-hybridized carbons (Fsp3) is 1.00. The number of hydrogen-bond acceptors (Lipinski definition) is 4. The van der Waals surface area contributed by atoms with Crippen molar-refractivity contribution in [3.05, 3.63) is 0 Å². The van der Waals surface area contributed by atoms with Crippen molar-refractivity contribution < 1.29 is 13.2 Å². The molecule has 0 heterocycles. The van der Waals surface area contributed by atoms with E-state index in [0.29, 0.717) is 6.61 Å². The van der Waals surface area contributed by atoms with E-state index in [0.717, 1.165) is 4.31 Å². The molecular weight excluding hydrogens is 206 g/mol. The molecule has 0 saturated carbocycles. The highest BCUT2D eigenvalue weighted by molar-refractivity contribution is 7.86. The Balaban J connectivity index is 4.28. The predicted molar refractivity (Wildman–Crippen MR) is 55.1 cm³/mol. The Morgan fingerprint density at radius 3 is 2.21 bits per heavy atom. The average molecular weight is 225 g/mol. The van der Waals surface area contributed by atoms with Crippen LogP contribution in [-0.4, -0.2) is 64.5 Å².